The van der Waals surface area contributed by atoms with Crippen LogP contribution in [0.25, 0.3) is 16.3 Å². The molecule has 10 heteroatoms. The van der Waals surface area contributed by atoms with Crippen molar-refractivity contribution in [2.24, 2.45) is 0 Å². The molecule has 1 amide bonds. The summed E-state index contributed by atoms with van der Waals surface area (Å²) in [5, 5.41) is 21.8. The lowest BCUT2D eigenvalue weighted by Crippen LogP contribution is -2.30. The second-order valence-electron chi connectivity index (χ2n) is 8.49. The molecule has 1 heterocycles. The Morgan fingerprint density at radius 1 is 1.14 bits per heavy atom. The normalized spacial score (nSPS) is 16.7. The standard InChI is InChI=1S/C26H30F3N3O4/c1-18-3-2-9-32(18)22-7-6-19-15-21(5-4-20(19)16-22)24(26(27,28)29)23(17-30)25(34)31-8-11-35-13-14-36-12-10-33/h4-7,15-16,18,33H,2-3,8-14H2,1H3,(H,31,34)/b24-23-. The topological polar surface area (TPSA) is 94.8 Å². The number of halogens is 3. The van der Waals surface area contributed by atoms with E-state index < -0.39 is 23.2 Å². The van der Waals surface area contributed by atoms with Crippen LogP contribution in [0.15, 0.2) is 42.0 Å². The fraction of sp³-hybridized carbons (Fsp3) is 0.462. The number of hydrogen-bond donors (Lipinski definition) is 2. The molecular formula is C26H30F3N3O4. The molecule has 3 rings (SSSR count). The van der Waals surface area contributed by atoms with Crippen molar-refractivity contribution in [3.8, 4) is 6.07 Å². The molecule has 0 bridgehead atoms. The van der Waals surface area contributed by atoms with Gasteiger partial charge in [-0.1, -0.05) is 18.2 Å². The van der Waals surface area contributed by atoms with E-state index in [-0.39, 0.29) is 45.1 Å². The molecule has 2 aromatic rings. The van der Waals surface area contributed by atoms with Gasteiger partial charge in [0.25, 0.3) is 5.91 Å². The number of carbonyl (C=O) groups is 1. The largest absolute Gasteiger partial charge is 0.418 e. The number of rotatable bonds is 11. The maximum atomic E-state index is 14.1. The van der Waals surface area contributed by atoms with Gasteiger partial charge in [-0.2, -0.15) is 18.4 Å². The molecule has 2 N–H and O–H groups in total. The summed E-state index contributed by atoms with van der Waals surface area (Å²) in [7, 11) is 0. The number of aliphatic hydroxyl groups is 1. The Kier molecular flexibility index (Phi) is 9.70. The molecule has 2 aromatic carbocycles. The highest BCUT2D eigenvalue weighted by Crippen LogP contribution is 2.38. The predicted octanol–water partition coefficient (Wildman–Crippen LogP) is 3.81. The van der Waals surface area contributed by atoms with Gasteiger partial charge in [0.2, 0.25) is 0 Å². The molecule has 1 aliphatic heterocycles. The Balaban J connectivity index is 1.78. The number of aliphatic hydroxyl groups excluding tert-OH is 1. The maximum absolute atomic E-state index is 14.1. The van der Waals surface area contributed by atoms with Gasteiger partial charge in [-0.3, -0.25) is 4.79 Å². The Morgan fingerprint density at radius 3 is 2.47 bits per heavy atom. The Morgan fingerprint density at radius 2 is 1.83 bits per heavy atom. The highest BCUT2D eigenvalue weighted by molar-refractivity contribution is 6.06. The van der Waals surface area contributed by atoms with Crippen molar-refractivity contribution in [2.45, 2.75) is 32.0 Å². The van der Waals surface area contributed by atoms with Crippen molar-refractivity contribution >= 4 is 27.9 Å². The van der Waals surface area contributed by atoms with Crippen molar-refractivity contribution in [3.63, 3.8) is 0 Å². The number of alkyl halides is 3. The van der Waals surface area contributed by atoms with Crippen LogP contribution < -0.4 is 10.2 Å². The van der Waals surface area contributed by atoms with Crippen LogP contribution in [-0.2, 0) is 14.3 Å². The van der Waals surface area contributed by atoms with Crippen LogP contribution in [0.4, 0.5) is 18.9 Å². The highest BCUT2D eigenvalue weighted by atomic mass is 19.4. The number of fused-ring (bicyclic) bond motifs is 1. The summed E-state index contributed by atoms with van der Waals surface area (Å²) in [6.45, 7) is 3.52. The first kappa shape index (κ1) is 27.5. The first-order valence-electron chi connectivity index (χ1n) is 11.8. The maximum Gasteiger partial charge on any atom is 0.418 e. The number of ether oxygens (including phenoxy) is 2. The number of nitrogens with zero attached hydrogens (tertiary/aromatic N) is 2. The zero-order valence-electron chi connectivity index (χ0n) is 20.1. The lowest BCUT2D eigenvalue weighted by molar-refractivity contribution is -0.117. The molecule has 1 aliphatic rings. The van der Waals surface area contributed by atoms with E-state index in [1.807, 2.05) is 12.1 Å². The van der Waals surface area contributed by atoms with Gasteiger partial charge in [0.05, 0.1) is 38.6 Å². The first-order valence-corrected chi connectivity index (χ1v) is 11.8. The Hall–Kier alpha value is -3.13. The average molecular weight is 506 g/mol. The SMILES string of the molecule is CC1CCCN1c1ccc2cc(/C(=C(\C#N)C(=O)NCCOCCOCCO)C(F)(F)F)ccc2c1. The molecule has 1 saturated heterocycles. The molecular weight excluding hydrogens is 475 g/mol. The zero-order valence-corrected chi connectivity index (χ0v) is 20.1. The number of allylic oxidation sites excluding steroid dienone is 1. The van der Waals surface area contributed by atoms with Gasteiger partial charge in [0, 0.05) is 24.8 Å². The summed E-state index contributed by atoms with van der Waals surface area (Å²) in [6.07, 6.45) is -2.72. The first-order chi connectivity index (χ1) is 17.3. The van der Waals surface area contributed by atoms with E-state index in [9.17, 15) is 23.2 Å². The third kappa shape index (κ3) is 6.97. The van der Waals surface area contributed by atoms with E-state index in [0.717, 1.165) is 30.5 Å². The van der Waals surface area contributed by atoms with Crippen LogP contribution in [0, 0.1) is 11.3 Å². The molecule has 1 unspecified atom stereocenters. The van der Waals surface area contributed by atoms with E-state index in [1.165, 1.54) is 18.2 Å². The molecule has 194 valence electrons. The van der Waals surface area contributed by atoms with E-state index in [4.69, 9.17) is 14.6 Å². The summed E-state index contributed by atoms with van der Waals surface area (Å²) in [5.41, 5.74) is -1.51. The third-order valence-corrected chi connectivity index (χ3v) is 6.01. The Bertz CT molecular complexity index is 1130. The number of anilines is 1. The summed E-state index contributed by atoms with van der Waals surface area (Å²) in [4.78, 5) is 14.8. The molecule has 0 spiro atoms. The summed E-state index contributed by atoms with van der Waals surface area (Å²) >= 11 is 0. The van der Waals surface area contributed by atoms with Crippen molar-refractivity contribution in [2.75, 3.05) is 51.0 Å². The Labute approximate surface area is 208 Å². The average Bonchev–Trinajstić information content (AvgIpc) is 3.28. The lowest BCUT2D eigenvalue weighted by atomic mass is 9.96. The van der Waals surface area contributed by atoms with Gasteiger partial charge in [-0.25, -0.2) is 0 Å². The van der Waals surface area contributed by atoms with E-state index in [0.29, 0.717) is 11.4 Å². The van der Waals surface area contributed by atoms with E-state index >= 15 is 0 Å². The monoisotopic (exact) mass is 505 g/mol. The number of nitrogens with one attached hydrogen (secondary N) is 1. The van der Waals surface area contributed by atoms with Crippen LogP contribution in [-0.4, -0.2) is 69.4 Å². The van der Waals surface area contributed by atoms with Gasteiger partial charge in [0.1, 0.15) is 11.6 Å². The smallest absolute Gasteiger partial charge is 0.394 e. The van der Waals surface area contributed by atoms with Gasteiger partial charge in [0.15, 0.2) is 0 Å². The zero-order chi connectivity index (χ0) is 26.1. The highest BCUT2D eigenvalue weighted by Gasteiger charge is 2.39. The molecule has 0 aromatic heterocycles. The number of hydrogen-bond acceptors (Lipinski definition) is 6. The number of benzene rings is 2. The van der Waals surface area contributed by atoms with Crippen LogP contribution in [0.2, 0.25) is 0 Å². The molecule has 0 aliphatic carbocycles. The minimum absolute atomic E-state index is 0.0300. The fourth-order valence-corrected chi connectivity index (χ4v) is 4.27. The second kappa shape index (κ2) is 12.7. The molecule has 36 heavy (non-hydrogen) atoms. The third-order valence-electron chi connectivity index (χ3n) is 6.01. The van der Waals surface area contributed by atoms with Crippen molar-refractivity contribution in [1.82, 2.24) is 5.32 Å². The number of carbonyl (C=O) groups excluding carboxylic acids is 1. The van der Waals surface area contributed by atoms with Crippen LogP contribution in [0.5, 0.6) is 0 Å². The molecule has 7 nitrogen and oxygen atoms in total. The minimum atomic E-state index is -4.92. The lowest BCUT2D eigenvalue weighted by Gasteiger charge is -2.24. The molecule has 0 radical (unpaired) electrons. The van der Waals surface area contributed by atoms with Crippen LogP contribution in [0.1, 0.15) is 25.3 Å². The van der Waals surface area contributed by atoms with Gasteiger partial charge < -0.3 is 24.8 Å². The molecule has 0 saturated carbocycles. The fourth-order valence-electron chi connectivity index (χ4n) is 4.27. The molecule has 1 atom stereocenters. The second-order valence-corrected chi connectivity index (χ2v) is 8.49. The predicted molar refractivity (Wildman–Crippen MR) is 130 cm³/mol. The quantitative estimate of drug-likeness (QED) is 0.274. The van der Waals surface area contributed by atoms with Crippen LogP contribution >= 0.6 is 0 Å². The summed E-state index contributed by atoms with van der Waals surface area (Å²) < 4.78 is 52.4. The molecule has 1 fully saturated rings. The van der Waals surface area contributed by atoms with Gasteiger partial charge in [-0.05, 0) is 54.3 Å². The van der Waals surface area contributed by atoms with E-state index in [2.05, 4.69) is 17.1 Å². The minimum Gasteiger partial charge on any atom is -0.394 e. The summed E-state index contributed by atoms with van der Waals surface area (Å²) in [5.74, 6) is -1.12. The van der Waals surface area contributed by atoms with Crippen molar-refractivity contribution in [1.29, 1.82) is 5.26 Å². The summed E-state index contributed by atoms with van der Waals surface area (Å²) in [6, 6.07) is 11.7. The van der Waals surface area contributed by atoms with Gasteiger partial charge >= 0.3 is 6.18 Å². The van der Waals surface area contributed by atoms with Crippen molar-refractivity contribution in [3.05, 3.63) is 47.5 Å². The van der Waals surface area contributed by atoms with E-state index in [1.54, 1.807) is 12.1 Å². The van der Waals surface area contributed by atoms with Gasteiger partial charge in [-0.15, -0.1) is 0 Å². The number of nitriles is 1. The van der Waals surface area contributed by atoms with Crippen molar-refractivity contribution < 1.29 is 32.5 Å². The van der Waals surface area contributed by atoms with Crippen LogP contribution in [0.3, 0.4) is 0 Å². The number of amides is 1.